The molecule has 366 valence electrons. The number of aldehydes is 1. The van der Waals surface area contributed by atoms with Crippen LogP contribution in [0.15, 0.2) is 84.9 Å². The third-order valence-corrected chi connectivity index (χ3v) is 11.6. The van der Waals surface area contributed by atoms with Gasteiger partial charge in [0.2, 0.25) is 5.91 Å². The number of likely N-dealkylation sites (tertiary alicyclic amines) is 2. The number of fused-ring (bicyclic) bond motifs is 2. The number of aromatic nitrogens is 4. The van der Waals surface area contributed by atoms with Gasteiger partial charge in [-0.2, -0.15) is 0 Å². The number of halogens is 2. The van der Waals surface area contributed by atoms with Gasteiger partial charge in [0.05, 0.1) is 34.7 Å². The molecule has 2 aliphatic rings. The lowest BCUT2D eigenvalue weighted by Crippen LogP contribution is -2.42. The van der Waals surface area contributed by atoms with Gasteiger partial charge in [0.25, 0.3) is 0 Å². The maximum absolute atomic E-state index is 13.3. The van der Waals surface area contributed by atoms with Crippen molar-refractivity contribution in [3.8, 4) is 23.0 Å². The molecule has 2 aliphatic heterocycles. The number of ether oxygens (including phenoxy) is 4. The summed E-state index contributed by atoms with van der Waals surface area (Å²) in [7, 11) is 0. The van der Waals surface area contributed by atoms with Crippen molar-refractivity contribution in [2.24, 2.45) is 5.73 Å². The normalized spacial score (nSPS) is 15.3. The monoisotopic (exact) mass is 950 g/mol. The predicted molar refractivity (Wildman–Crippen MR) is 255 cm³/mol. The highest BCUT2D eigenvalue weighted by Gasteiger charge is 2.31. The van der Waals surface area contributed by atoms with Crippen LogP contribution in [-0.2, 0) is 20.8 Å². The Bertz CT molecular complexity index is 2770. The van der Waals surface area contributed by atoms with Crippen molar-refractivity contribution in [3.63, 3.8) is 0 Å². The Hall–Kier alpha value is -7.08. The molecule has 18 heteroatoms. The molecule has 4 heterocycles. The van der Waals surface area contributed by atoms with Crippen molar-refractivity contribution in [1.82, 2.24) is 34.2 Å². The Labute approximate surface area is 399 Å². The lowest BCUT2D eigenvalue weighted by Gasteiger charge is -2.34. The molecule has 3 amide bonds. The van der Waals surface area contributed by atoms with Crippen LogP contribution in [0.25, 0.3) is 22.1 Å². The Kier molecular flexibility index (Phi) is 15.2. The minimum Gasteiger partial charge on any atom is -0.457 e. The zero-order valence-corrected chi connectivity index (χ0v) is 40.0. The van der Waals surface area contributed by atoms with Crippen LogP contribution < -0.4 is 20.5 Å². The van der Waals surface area contributed by atoms with Crippen molar-refractivity contribution in [2.45, 2.75) is 110 Å². The first-order chi connectivity index (χ1) is 32.7. The smallest absolute Gasteiger partial charge is 0.410 e. The number of primary amides is 1. The van der Waals surface area contributed by atoms with E-state index in [9.17, 15) is 28.0 Å². The predicted octanol–water partition coefficient (Wildman–Crippen LogP) is 9.86. The molecule has 2 saturated heterocycles. The molecule has 0 radical (unpaired) electrons. The number of nitrogens with one attached hydrogen (secondary N) is 1. The van der Waals surface area contributed by atoms with E-state index in [0.29, 0.717) is 92.7 Å². The molecule has 16 nitrogen and oxygen atoms in total. The van der Waals surface area contributed by atoms with Crippen LogP contribution in [0.2, 0.25) is 0 Å². The minimum atomic E-state index is -0.550. The molecule has 8 rings (SSSR count). The summed E-state index contributed by atoms with van der Waals surface area (Å²) in [5, 5.41) is 3.14. The fourth-order valence-corrected chi connectivity index (χ4v) is 8.23. The third-order valence-electron chi connectivity index (χ3n) is 11.6. The summed E-state index contributed by atoms with van der Waals surface area (Å²) in [6.07, 6.45) is 2.90. The maximum atomic E-state index is 13.3. The van der Waals surface area contributed by atoms with Crippen LogP contribution in [0, 0.1) is 11.6 Å². The second-order valence-electron chi connectivity index (χ2n) is 19.2. The van der Waals surface area contributed by atoms with Crippen LogP contribution in [0.1, 0.15) is 103 Å². The van der Waals surface area contributed by atoms with Gasteiger partial charge in [0, 0.05) is 50.4 Å². The molecule has 4 aromatic carbocycles. The van der Waals surface area contributed by atoms with Crippen LogP contribution >= 0.6 is 0 Å². The number of carbonyl (C=O) groups is 4. The van der Waals surface area contributed by atoms with Gasteiger partial charge in [-0.3, -0.25) is 14.9 Å². The van der Waals surface area contributed by atoms with E-state index in [-0.39, 0.29) is 35.9 Å². The Morgan fingerprint density at radius 2 is 1.07 bits per heavy atom. The summed E-state index contributed by atoms with van der Waals surface area (Å²) in [5.41, 5.74) is 7.46. The first kappa shape index (κ1) is 49.8. The molecule has 0 spiro atoms. The molecule has 2 aromatic heterocycles. The Morgan fingerprint density at radius 3 is 1.49 bits per heavy atom. The van der Waals surface area contributed by atoms with E-state index >= 15 is 0 Å². The number of piperidine rings is 2. The van der Waals surface area contributed by atoms with E-state index < -0.39 is 23.2 Å². The van der Waals surface area contributed by atoms with Gasteiger partial charge < -0.3 is 43.6 Å². The standard InChI is InChI=1S/C27H34FN5O4.C24H26FN3O4/c1-17(25(29)34)30-16-24-31-22-10-9-21(36-20-7-5-18(28)6-8-20)15-23(22)33(24)19-11-13-32(14-12-19)26(35)37-27(2,3)4;1-24(2,3)32-23(30)27-12-10-17(11-13-27)28-21-14-19(8-9-20(21)26-22(28)15-29)31-18-6-4-16(25)5-7-18/h5-10,15,17,19,30H,11-14,16H2,1-4H3,(H2,29,34);4-9,14-15,17H,10-13H2,1-3H3/t17-;/m0./s1. The first-order valence-electron chi connectivity index (χ1n) is 23.1. The van der Waals surface area contributed by atoms with Gasteiger partial charge >= 0.3 is 12.2 Å². The van der Waals surface area contributed by atoms with Crippen LogP contribution in [0.5, 0.6) is 23.0 Å². The van der Waals surface area contributed by atoms with Gasteiger partial charge in [0.1, 0.15) is 51.7 Å². The zero-order chi connectivity index (χ0) is 49.6. The number of hydrogen-bond donors (Lipinski definition) is 2. The second-order valence-corrected chi connectivity index (χ2v) is 19.2. The number of rotatable bonds is 11. The van der Waals surface area contributed by atoms with Gasteiger partial charge in [-0.1, -0.05) is 0 Å². The minimum absolute atomic E-state index is 0.0138. The van der Waals surface area contributed by atoms with Crippen LogP contribution in [0.3, 0.4) is 0 Å². The van der Waals surface area contributed by atoms with E-state index in [1.54, 1.807) is 53.1 Å². The van der Waals surface area contributed by atoms with Crippen LogP contribution in [-0.4, -0.2) is 96.7 Å². The molecule has 3 N–H and O–H groups in total. The van der Waals surface area contributed by atoms with E-state index in [2.05, 4.69) is 14.9 Å². The van der Waals surface area contributed by atoms with Gasteiger partial charge in [0.15, 0.2) is 12.1 Å². The molecular weight excluding hydrogens is 891 g/mol. The number of nitrogens with two attached hydrogens (primary N) is 1. The first-order valence-corrected chi connectivity index (χ1v) is 23.1. The zero-order valence-electron chi connectivity index (χ0n) is 40.0. The molecule has 2 fully saturated rings. The molecule has 0 aliphatic carbocycles. The summed E-state index contributed by atoms with van der Waals surface area (Å²) in [4.78, 5) is 60.9. The fraction of sp³-hybridized carbons (Fsp3) is 0.412. The number of nitrogens with zero attached hydrogens (tertiary/aromatic N) is 6. The van der Waals surface area contributed by atoms with Gasteiger partial charge in [-0.05, 0) is 147 Å². The molecule has 0 bridgehead atoms. The maximum Gasteiger partial charge on any atom is 0.410 e. The summed E-state index contributed by atoms with van der Waals surface area (Å²) < 4.78 is 53.4. The average Bonchev–Trinajstić information content (AvgIpc) is 3.86. The summed E-state index contributed by atoms with van der Waals surface area (Å²) in [6.45, 7) is 15.3. The van der Waals surface area contributed by atoms with E-state index in [4.69, 9.17) is 29.7 Å². The highest BCUT2D eigenvalue weighted by atomic mass is 19.1. The van der Waals surface area contributed by atoms with Crippen molar-refractivity contribution >= 4 is 46.4 Å². The Morgan fingerprint density at radius 1 is 0.667 bits per heavy atom. The molecule has 0 unspecified atom stereocenters. The van der Waals surface area contributed by atoms with Crippen molar-refractivity contribution in [3.05, 3.63) is 108 Å². The number of hydrogen-bond acceptors (Lipinski definition) is 11. The lowest BCUT2D eigenvalue weighted by molar-refractivity contribution is -0.119. The number of benzene rings is 4. The quantitative estimate of drug-likeness (QED) is 0.118. The average molecular weight is 951 g/mol. The fourth-order valence-electron chi connectivity index (χ4n) is 8.23. The Balaban J connectivity index is 0.000000206. The van der Waals surface area contributed by atoms with Crippen LogP contribution in [0.4, 0.5) is 18.4 Å². The highest BCUT2D eigenvalue weighted by Crippen LogP contribution is 2.35. The van der Waals surface area contributed by atoms with E-state index in [1.807, 2.05) is 70.4 Å². The van der Waals surface area contributed by atoms with Crippen molar-refractivity contribution in [1.29, 1.82) is 0 Å². The number of imidazole rings is 2. The van der Waals surface area contributed by atoms with Gasteiger partial charge in [-0.15, -0.1) is 0 Å². The summed E-state index contributed by atoms with van der Waals surface area (Å²) in [5.74, 6) is 2.19. The van der Waals surface area contributed by atoms with Gasteiger partial charge in [-0.25, -0.2) is 28.3 Å². The molecule has 0 saturated carbocycles. The largest absolute Gasteiger partial charge is 0.457 e. The summed E-state index contributed by atoms with van der Waals surface area (Å²) >= 11 is 0. The summed E-state index contributed by atoms with van der Waals surface area (Å²) in [6, 6.07) is 22.2. The lowest BCUT2D eigenvalue weighted by atomic mass is 10.0. The van der Waals surface area contributed by atoms with E-state index in [0.717, 1.165) is 28.7 Å². The highest BCUT2D eigenvalue weighted by molar-refractivity contribution is 5.84. The SMILES string of the molecule is CC(C)(C)OC(=O)N1CCC(n2c(C=O)nc3ccc(Oc4ccc(F)cc4)cc32)CC1.C[C@H](NCc1nc2ccc(Oc3ccc(F)cc3)cc2n1C1CCN(C(=O)OC(C)(C)C)CC1)C(N)=O. The number of amides is 3. The molecule has 69 heavy (non-hydrogen) atoms. The van der Waals surface area contributed by atoms with Crippen molar-refractivity contribution < 1.29 is 46.9 Å². The topological polar surface area (TPSA) is 185 Å². The molecule has 6 aromatic rings. The van der Waals surface area contributed by atoms with Crippen molar-refractivity contribution in [2.75, 3.05) is 26.2 Å². The molecular formula is C51H60F2N8O8. The third kappa shape index (κ3) is 12.9. The number of carbonyl (C=O) groups excluding carboxylic acids is 4. The van der Waals surface area contributed by atoms with E-state index in [1.165, 1.54) is 24.3 Å². The second kappa shape index (κ2) is 21.1. The molecule has 1 atom stereocenters.